The number of amidine groups is 1. The van der Waals surface area contributed by atoms with Crippen molar-refractivity contribution in [2.45, 2.75) is 0 Å². The summed E-state index contributed by atoms with van der Waals surface area (Å²) in [5.74, 6) is 0. The third-order valence-corrected chi connectivity index (χ3v) is 2.22. The van der Waals surface area contributed by atoms with Crippen LogP contribution in [-0.4, -0.2) is 5.29 Å². The van der Waals surface area contributed by atoms with Crippen LogP contribution in [0.3, 0.4) is 0 Å². The fourth-order valence-corrected chi connectivity index (χ4v) is 1.32. The first kappa shape index (κ1) is 12.3. The molecule has 2 aromatic rings. The minimum absolute atomic E-state index is 0.0442. The van der Waals surface area contributed by atoms with Crippen LogP contribution in [0.4, 0.5) is 11.4 Å². The number of benzene rings is 2. The Balaban J connectivity index is 1.96. The molecule has 0 atom stereocenters. The van der Waals surface area contributed by atoms with E-state index < -0.39 is 0 Å². The van der Waals surface area contributed by atoms with Crippen molar-refractivity contribution in [2.75, 3.05) is 5.43 Å². The number of para-hydroxylation sites is 1. The summed E-state index contributed by atoms with van der Waals surface area (Å²) in [4.78, 5) is 0. The Labute approximate surface area is 110 Å². The van der Waals surface area contributed by atoms with Gasteiger partial charge in [0.1, 0.15) is 0 Å². The van der Waals surface area contributed by atoms with Crippen LogP contribution >= 0.6 is 11.6 Å². The minimum Gasteiger partial charge on any atom is -0.275 e. The van der Waals surface area contributed by atoms with Gasteiger partial charge in [0.15, 0.2) is 0 Å². The molecule has 5 heteroatoms. The van der Waals surface area contributed by atoms with E-state index in [2.05, 4.69) is 20.8 Å². The third kappa shape index (κ3) is 3.99. The Kier molecular flexibility index (Phi) is 4.44. The molecule has 0 heterocycles. The predicted molar refractivity (Wildman–Crippen MR) is 74.3 cm³/mol. The average molecular weight is 259 g/mol. The molecule has 0 radical (unpaired) electrons. The van der Waals surface area contributed by atoms with Gasteiger partial charge in [-0.25, -0.2) is 0 Å². The fraction of sp³-hybridized carbons (Fsp3) is 0. The molecule has 0 spiro atoms. The molecule has 0 aliphatic carbocycles. The molecule has 0 amide bonds. The second-order valence-electron chi connectivity index (χ2n) is 3.39. The normalized spacial score (nSPS) is 11.7. The summed E-state index contributed by atoms with van der Waals surface area (Å²) in [5, 5.41) is 11.7. The minimum atomic E-state index is 0.0442. The molecule has 0 unspecified atom stereocenters. The highest BCUT2D eigenvalue weighted by Gasteiger charge is 1.91. The molecule has 0 bridgehead atoms. The van der Waals surface area contributed by atoms with Crippen molar-refractivity contribution in [3.05, 3.63) is 60.7 Å². The molecular formula is C13H11ClN4. The molecule has 0 aliphatic rings. The molecule has 4 nitrogen and oxygen atoms in total. The van der Waals surface area contributed by atoms with E-state index in [1.165, 1.54) is 0 Å². The van der Waals surface area contributed by atoms with Crippen molar-refractivity contribution in [1.82, 2.24) is 0 Å². The highest BCUT2D eigenvalue weighted by molar-refractivity contribution is 6.64. The third-order valence-electron chi connectivity index (χ3n) is 2.06. The standard InChI is InChI=1S/C13H11ClN4/c14-13(17-15-11-7-3-1-4-8-11)18-16-12-9-5-2-6-10-12/h1-10,15H/b17-13-,18-16?. The zero-order valence-electron chi connectivity index (χ0n) is 9.49. The van der Waals surface area contributed by atoms with Crippen LogP contribution < -0.4 is 5.43 Å². The van der Waals surface area contributed by atoms with E-state index in [4.69, 9.17) is 11.6 Å². The first-order valence-corrected chi connectivity index (χ1v) is 5.73. The van der Waals surface area contributed by atoms with E-state index in [-0.39, 0.29) is 5.29 Å². The summed E-state index contributed by atoms with van der Waals surface area (Å²) in [6, 6.07) is 18.8. The van der Waals surface area contributed by atoms with Gasteiger partial charge >= 0.3 is 0 Å². The lowest BCUT2D eigenvalue weighted by Crippen LogP contribution is -1.91. The zero-order valence-corrected chi connectivity index (χ0v) is 10.2. The van der Waals surface area contributed by atoms with Gasteiger partial charge in [0.25, 0.3) is 5.29 Å². The van der Waals surface area contributed by atoms with Crippen molar-refractivity contribution < 1.29 is 0 Å². The first-order valence-electron chi connectivity index (χ1n) is 5.35. The first-order chi connectivity index (χ1) is 8.84. The van der Waals surface area contributed by atoms with Crippen molar-refractivity contribution >= 4 is 28.3 Å². The quantitative estimate of drug-likeness (QED) is 0.287. The summed E-state index contributed by atoms with van der Waals surface area (Å²) >= 11 is 5.81. The largest absolute Gasteiger partial charge is 0.275 e. The summed E-state index contributed by atoms with van der Waals surface area (Å²) in [5.41, 5.74) is 4.35. The van der Waals surface area contributed by atoms with Crippen LogP contribution in [0, 0.1) is 0 Å². The van der Waals surface area contributed by atoms with Crippen molar-refractivity contribution in [3.8, 4) is 0 Å². The van der Waals surface area contributed by atoms with Crippen LogP contribution in [0.15, 0.2) is 76.0 Å². The van der Waals surface area contributed by atoms with Crippen LogP contribution in [0.5, 0.6) is 0 Å². The van der Waals surface area contributed by atoms with Crippen molar-refractivity contribution in [3.63, 3.8) is 0 Å². The second-order valence-corrected chi connectivity index (χ2v) is 3.73. The van der Waals surface area contributed by atoms with Gasteiger partial charge in [-0.2, -0.15) is 0 Å². The number of halogens is 1. The maximum absolute atomic E-state index is 5.81. The van der Waals surface area contributed by atoms with E-state index in [1.807, 2.05) is 60.7 Å². The molecule has 0 fully saturated rings. The fourth-order valence-electron chi connectivity index (χ4n) is 1.24. The van der Waals surface area contributed by atoms with E-state index in [0.717, 1.165) is 11.4 Å². The number of hydrogen-bond donors (Lipinski definition) is 1. The lowest BCUT2D eigenvalue weighted by Gasteiger charge is -1.97. The molecule has 90 valence electrons. The summed E-state index contributed by atoms with van der Waals surface area (Å²) in [7, 11) is 0. The summed E-state index contributed by atoms with van der Waals surface area (Å²) < 4.78 is 0. The average Bonchev–Trinajstić information content (AvgIpc) is 2.45. The molecule has 0 saturated heterocycles. The zero-order chi connectivity index (χ0) is 12.6. The van der Waals surface area contributed by atoms with Gasteiger partial charge in [0.2, 0.25) is 0 Å². The maximum Gasteiger partial charge on any atom is 0.260 e. The van der Waals surface area contributed by atoms with Gasteiger partial charge in [-0.1, -0.05) is 36.4 Å². The number of hydrogen-bond acceptors (Lipinski definition) is 3. The summed E-state index contributed by atoms with van der Waals surface area (Å²) in [6.07, 6.45) is 0. The van der Waals surface area contributed by atoms with Gasteiger partial charge in [-0.15, -0.1) is 15.3 Å². The Bertz CT molecular complexity index is 537. The second kappa shape index (κ2) is 6.51. The molecular weight excluding hydrogens is 248 g/mol. The number of rotatable bonds is 3. The van der Waals surface area contributed by atoms with Gasteiger partial charge in [0.05, 0.1) is 11.4 Å². The van der Waals surface area contributed by atoms with Crippen LogP contribution in [0.25, 0.3) is 0 Å². The predicted octanol–water partition coefficient (Wildman–Crippen LogP) is 4.39. The Morgan fingerprint density at radius 1 is 0.889 bits per heavy atom. The topological polar surface area (TPSA) is 49.1 Å². The van der Waals surface area contributed by atoms with Gasteiger partial charge < -0.3 is 0 Å². The number of azo groups is 1. The van der Waals surface area contributed by atoms with Crippen molar-refractivity contribution in [1.29, 1.82) is 0 Å². The van der Waals surface area contributed by atoms with Gasteiger partial charge in [-0.3, -0.25) is 5.43 Å². The number of hydrazone groups is 1. The van der Waals surface area contributed by atoms with Crippen LogP contribution in [0.2, 0.25) is 0 Å². The van der Waals surface area contributed by atoms with E-state index >= 15 is 0 Å². The Morgan fingerprint density at radius 3 is 2.17 bits per heavy atom. The molecule has 0 saturated carbocycles. The molecule has 18 heavy (non-hydrogen) atoms. The Morgan fingerprint density at radius 2 is 1.50 bits per heavy atom. The molecule has 1 N–H and O–H groups in total. The molecule has 0 aromatic heterocycles. The van der Waals surface area contributed by atoms with E-state index in [1.54, 1.807) is 0 Å². The molecule has 0 aliphatic heterocycles. The Hall–Kier alpha value is -2.20. The van der Waals surface area contributed by atoms with E-state index in [0.29, 0.717) is 0 Å². The SMILES string of the molecule is Cl/C(N=Nc1ccccc1)=N/Nc1ccccc1. The van der Waals surface area contributed by atoms with Gasteiger partial charge in [-0.05, 0) is 35.9 Å². The van der Waals surface area contributed by atoms with Gasteiger partial charge in [0, 0.05) is 0 Å². The van der Waals surface area contributed by atoms with Crippen molar-refractivity contribution in [2.24, 2.45) is 15.3 Å². The number of anilines is 1. The van der Waals surface area contributed by atoms with Crippen LogP contribution in [-0.2, 0) is 0 Å². The molecule has 2 rings (SSSR count). The van der Waals surface area contributed by atoms with E-state index in [9.17, 15) is 0 Å². The lowest BCUT2D eigenvalue weighted by molar-refractivity contribution is 1.25. The highest BCUT2D eigenvalue weighted by atomic mass is 35.5. The highest BCUT2D eigenvalue weighted by Crippen LogP contribution is 2.11. The van der Waals surface area contributed by atoms with Crippen LogP contribution in [0.1, 0.15) is 0 Å². The summed E-state index contributed by atoms with van der Waals surface area (Å²) in [6.45, 7) is 0. The number of nitrogens with one attached hydrogen (secondary N) is 1. The maximum atomic E-state index is 5.81. The monoisotopic (exact) mass is 258 g/mol. The molecule has 2 aromatic carbocycles. The number of nitrogens with zero attached hydrogens (tertiary/aromatic N) is 3. The lowest BCUT2D eigenvalue weighted by atomic mass is 10.3. The smallest absolute Gasteiger partial charge is 0.260 e.